The first kappa shape index (κ1) is 11.8. The van der Waals surface area contributed by atoms with Crippen LogP contribution in [0.4, 0.5) is 0 Å². The third-order valence-corrected chi connectivity index (χ3v) is 3.00. The molecule has 0 saturated carbocycles. The fourth-order valence-electron chi connectivity index (χ4n) is 1.59. The molecule has 0 radical (unpaired) electrons. The van der Waals surface area contributed by atoms with Gasteiger partial charge in [0.25, 0.3) is 0 Å². The van der Waals surface area contributed by atoms with Crippen molar-refractivity contribution in [3.05, 3.63) is 24.1 Å². The predicted octanol–water partition coefficient (Wildman–Crippen LogP) is 3.35. The Balaban J connectivity index is 1.90. The van der Waals surface area contributed by atoms with Crippen LogP contribution in [0.2, 0.25) is 0 Å². The molecular formula is C13H17NO3. The van der Waals surface area contributed by atoms with Crippen LogP contribution in [0.25, 0.3) is 11.1 Å². The zero-order valence-electron chi connectivity index (χ0n) is 10.2. The number of nitrogens with one attached hydrogen (secondary N) is 1. The van der Waals surface area contributed by atoms with E-state index in [1.807, 2.05) is 0 Å². The number of rotatable bonds is 5. The second kappa shape index (κ2) is 5.08. The SMILES string of the molecule is CCC(C)CCOC(=O)c1cc2occc2[nH]1. The lowest BCUT2D eigenvalue weighted by molar-refractivity contribution is 0.0479. The van der Waals surface area contributed by atoms with E-state index < -0.39 is 0 Å². The molecule has 2 heterocycles. The van der Waals surface area contributed by atoms with E-state index in [4.69, 9.17) is 9.15 Å². The van der Waals surface area contributed by atoms with E-state index in [1.54, 1.807) is 18.4 Å². The average molecular weight is 235 g/mol. The maximum atomic E-state index is 11.7. The number of aromatic amines is 1. The summed E-state index contributed by atoms with van der Waals surface area (Å²) in [5, 5.41) is 0. The summed E-state index contributed by atoms with van der Waals surface area (Å²) in [6.45, 7) is 4.75. The third-order valence-electron chi connectivity index (χ3n) is 3.00. The van der Waals surface area contributed by atoms with E-state index in [1.165, 1.54) is 0 Å². The molecule has 0 aliphatic rings. The van der Waals surface area contributed by atoms with Gasteiger partial charge < -0.3 is 14.1 Å². The van der Waals surface area contributed by atoms with Gasteiger partial charge in [0.1, 0.15) is 5.69 Å². The largest absolute Gasteiger partial charge is 0.463 e. The number of hydrogen-bond donors (Lipinski definition) is 1. The van der Waals surface area contributed by atoms with E-state index in [2.05, 4.69) is 18.8 Å². The lowest BCUT2D eigenvalue weighted by Gasteiger charge is -2.08. The van der Waals surface area contributed by atoms with E-state index in [-0.39, 0.29) is 5.97 Å². The molecule has 0 aliphatic carbocycles. The highest BCUT2D eigenvalue weighted by Gasteiger charge is 2.12. The molecule has 4 nitrogen and oxygen atoms in total. The van der Waals surface area contributed by atoms with Crippen molar-refractivity contribution in [3.8, 4) is 0 Å². The Kier molecular flexibility index (Phi) is 3.52. The number of carbonyl (C=O) groups excluding carboxylic acids is 1. The fraction of sp³-hybridized carbons (Fsp3) is 0.462. The van der Waals surface area contributed by atoms with Crippen LogP contribution in [-0.2, 0) is 4.74 Å². The van der Waals surface area contributed by atoms with Crippen molar-refractivity contribution in [2.24, 2.45) is 5.92 Å². The van der Waals surface area contributed by atoms with Crippen LogP contribution in [0.1, 0.15) is 37.2 Å². The highest BCUT2D eigenvalue weighted by atomic mass is 16.5. The molecule has 0 fully saturated rings. The van der Waals surface area contributed by atoms with Gasteiger partial charge in [0, 0.05) is 12.1 Å². The molecular weight excluding hydrogens is 218 g/mol. The number of furan rings is 1. The van der Waals surface area contributed by atoms with Gasteiger partial charge in [-0.05, 0) is 12.3 Å². The van der Waals surface area contributed by atoms with E-state index in [9.17, 15) is 4.79 Å². The molecule has 4 heteroatoms. The zero-order chi connectivity index (χ0) is 12.3. The van der Waals surface area contributed by atoms with Gasteiger partial charge in [0.15, 0.2) is 5.58 Å². The summed E-state index contributed by atoms with van der Waals surface area (Å²) in [6, 6.07) is 3.45. The van der Waals surface area contributed by atoms with Crippen LogP contribution in [0.3, 0.4) is 0 Å². The summed E-state index contributed by atoms with van der Waals surface area (Å²) >= 11 is 0. The number of H-pyrrole nitrogens is 1. The highest BCUT2D eigenvalue weighted by Crippen LogP contribution is 2.16. The monoisotopic (exact) mass is 235 g/mol. The van der Waals surface area contributed by atoms with Gasteiger partial charge in [-0.3, -0.25) is 0 Å². The van der Waals surface area contributed by atoms with Crippen LogP contribution >= 0.6 is 0 Å². The van der Waals surface area contributed by atoms with E-state index in [0.717, 1.165) is 18.4 Å². The number of fused-ring (bicyclic) bond motifs is 1. The van der Waals surface area contributed by atoms with Crippen molar-refractivity contribution >= 4 is 17.1 Å². The quantitative estimate of drug-likeness (QED) is 0.808. The van der Waals surface area contributed by atoms with Crippen molar-refractivity contribution in [1.29, 1.82) is 0 Å². The Morgan fingerprint density at radius 1 is 1.59 bits per heavy atom. The molecule has 92 valence electrons. The highest BCUT2D eigenvalue weighted by molar-refractivity contribution is 5.93. The Bertz CT molecular complexity index is 469. The van der Waals surface area contributed by atoms with Crippen molar-refractivity contribution in [2.45, 2.75) is 26.7 Å². The van der Waals surface area contributed by atoms with Gasteiger partial charge in [-0.2, -0.15) is 0 Å². The Morgan fingerprint density at radius 2 is 2.41 bits per heavy atom. The first-order chi connectivity index (χ1) is 8.20. The second-order valence-corrected chi connectivity index (χ2v) is 4.32. The summed E-state index contributed by atoms with van der Waals surface area (Å²) in [5.41, 5.74) is 1.95. The van der Waals surface area contributed by atoms with Crippen LogP contribution < -0.4 is 0 Å². The predicted molar refractivity (Wildman–Crippen MR) is 64.9 cm³/mol. The lowest BCUT2D eigenvalue weighted by Crippen LogP contribution is -2.09. The van der Waals surface area contributed by atoms with E-state index >= 15 is 0 Å². The smallest absolute Gasteiger partial charge is 0.354 e. The molecule has 0 saturated heterocycles. The molecule has 1 unspecified atom stereocenters. The van der Waals surface area contributed by atoms with Crippen molar-refractivity contribution < 1.29 is 13.9 Å². The molecule has 0 aromatic carbocycles. The topological polar surface area (TPSA) is 55.2 Å². The average Bonchev–Trinajstić information content (AvgIpc) is 2.88. The maximum Gasteiger partial charge on any atom is 0.354 e. The maximum absolute atomic E-state index is 11.7. The molecule has 0 aliphatic heterocycles. The third kappa shape index (κ3) is 2.70. The molecule has 0 amide bonds. The summed E-state index contributed by atoms with van der Waals surface area (Å²) < 4.78 is 10.4. The summed E-state index contributed by atoms with van der Waals surface area (Å²) in [5.74, 6) is 0.266. The minimum Gasteiger partial charge on any atom is -0.463 e. The van der Waals surface area contributed by atoms with Gasteiger partial charge >= 0.3 is 5.97 Å². The van der Waals surface area contributed by atoms with Gasteiger partial charge in [-0.1, -0.05) is 20.3 Å². The van der Waals surface area contributed by atoms with Crippen LogP contribution in [0.15, 0.2) is 22.8 Å². The molecule has 0 spiro atoms. The molecule has 2 rings (SSSR count). The van der Waals surface area contributed by atoms with Gasteiger partial charge in [0.05, 0.1) is 18.4 Å². The van der Waals surface area contributed by atoms with E-state index in [0.29, 0.717) is 23.8 Å². The minimum atomic E-state index is -0.320. The van der Waals surface area contributed by atoms with Crippen molar-refractivity contribution in [3.63, 3.8) is 0 Å². The number of esters is 1. The normalized spacial score (nSPS) is 12.8. The van der Waals surface area contributed by atoms with Crippen LogP contribution in [-0.4, -0.2) is 17.6 Å². The second-order valence-electron chi connectivity index (χ2n) is 4.32. The minimum absolute atomic E-state index is 0.320. The fourth-order valence-corrected chi connectivity index (χ4v) is 1.59. The van der Waals surface area contributed by atoms with Crippen molar-refractivity contribution in [2.75, 3.05) is 6.61 Å². The lowest BCUT2D eigenvalue weighted by atomic mass is 10.1. The molecule has 1 atom stereocenters. The molecule has 0 bridgehead atoms. The summed E-state index contributed by atoms with van der Waals surface area (Å²) in [4.78, 5) is 14.6. The first-order valence-electron chi connectivity index (χ1n) is 5.94. The summed E-state index contributed by atoms with van der Waals surface area (Å²) in [7, 11) is 0. The van der Waals surface area contributed by atoms with Gasteiger partial charge in [0.2, 0.25) is 0 Å². The summed E-state index contributed by atoms with van der Waals surface area (Å²) in [6.07, 6.45) is 3.59. The molecule has 17 heavy (non-hydrogen) atoms. The van der Waals surface area contributed by atoms with Gasteiger partial charge in [-0.15, -0.1) is 0 Å². The molecule has 1 N–H and O–H groups in total. The first-order valence-corrected chi connectivity index (χ1v) is 5.94. The Labute approximate surface area is 99.9 Å². The van der Waals surface area contributed by atoms with Gasteiger partial charge in [-0.25, -0.2) is 4.79 Å². The number of hydrogen-bond acceptors (Lipinski definition) is 3. The Morgan fingerprint density at radius 3 is 3.12 bits per heavy atom. The van der Waals surface area contributed by atoms with Crippen molar-refractivity contribution in [1.82, 2.24) is 4.98 Å². The molecule has 2 aromatic heterocycles. The van der Waals surface area contributed by atoms with Crippen LogP contribution in [0.5, 0.6) is 0 Å². The zero-order valence-corrected chi connectivity index (χ0v) is 10.2. The van der Waals surface area contributed by atoms with Crippen LogP contribution in [0, 0.1) is 5.92 Å². The molecule has 2 aromatic rings. The Hall–Kier alpha value is -1.71. The standard InChI is InChI=1S/C13H17NO3/c1-3-9(2)4-6-17-13(15)11-8-12-10(14-11)5-7-16-12/h5,7-9,14H,3-4,6H2,1-2H3. The number of aromatic nitrogens is 1. The number of carbonyl (C=O) groups is 1. The number of ether oxygens (including phenoxy) is 1.